The second-order valence-electron chi connectivity index (χ2n) is 9.69. The number of carbonyl (C=O) groups excluding carboxylic acids is 2. The van der Waals surface area contributed by atoms with Gasteiger partial charge in [0.25, 0.3) is 0 Å². The van der Waals surface area contributed by atoms with Gasteiger partial charge in [0.05, 0.1) is 91.1 Å². The average Bonchev–Trinajstić information content (AvgIpc) is 3.15. The van der Waals surface area contributed by atoms with E-state index in [1.165, 1.54) is 21.6 Å². The fourth-order valence-corrected chi connectivity index (χ4v) is 5.93. The predicted molar refractivity (Wildman–Crippen MR) is 119 cm³/mol. The minimum Gasteiger partial charge on any atom is -0.544 e. The molecule has 0 aliphatic rings. The molecule has 0 spiro atoms. The van der Waals surface area contributed by atoms with Crippen LogP contribution in [0.25, 0.3) is 0 Å². The summed E-state index contributed by atoms with van der Waals surface area (Å²) in [7, 11) is 17.5. The molecule has 10 nitrogen and oxygen atoms in total. The minimum atomic E-state index is -1.12. The highest BCUT2D eigenvalue weighted by molar-refractivity contribution is 8.76. The molecule has 0 fully saturated rings. The largest absolute Gasteiger partial charge is 0.544 e. The third kappa shape index (κ3) is 6.27. The number of nitrogens with zero attached hydrogens (tertiary/aromatic N) is 6. The lowest BCUT2D eigenvalue weighted by atomic mass is 10.1. The van der Waals surface area contributed by atoms with Crippen LogP contribution in [-0.2, 0) is 36.5 Å². The summed E-state index contributed by atoms with van der Waals surface area (Å²) in [5.41, 5.74) is 1.35. The van der Waals surface area contributed by atoms with Gasteiger partial charge in [0, 0.05) is 14.1 Å². The summed E-state index contributed by atoms with van der Waals surface area (Å²) in [6, 6.07) is -1.48. The number of carboxylic acids is 2. The molecule has 178 valence electrons. The standard InChI is InChI=1S/C20H32N6O4S2/c1-23-11-21-13(9-15(19(27)28)25(3,4)5)17(23)31-32-18-14(22-12-24(18)2)10-16(20(29)30)26(6,7)8/h11-12,15-16H,9-10H2,1-8H3. The van der Waals surface area contributed by atoms with Crippen LogP contribution < -0.4 is 10.2 Å². The van der Waals surface area contributed by atoms with E-state index in [-0.39, 0.29) is 21.8 Å². The second kappa shape index (κ2) is 9.86. The van der Waals surface area contributed by atoms with Crippen molar-refractivity contribution in [3.8, 4) is 0 Å². The lowest BCUT2D eigenvalue weighted by Crippen LogP contribution is -2.56. The van der Waals surface area contributed by atoms with Gasteiger partial charge in [0.1, 0.15) is 22.1 Å². The van der Waals surface area contributed by atoms with Crippen molar-refractivity contribution in [1.82, 2.24) is 19.1 Å². The summed E-state index contributed by atoms with van der Waals surface area (Å²) in [6.07, 6.45) is 3.80. The number of aromatic nitrogens is 4. The van der Waals surface area contributed by atoms with E-state index in [4.69, 9.17) is 0 Å². The number of carbonyl (C=O) groups is 2. The lowest BCUT2D eigenvalue weighted by Gasteiger charge is -2.34. The van der Waals surface area contributed by atoms with Crippen molar-refractivity contribution in [2.24, 2.45) is 14.1 Å². The molecule has 0 saturated heterocycles. The van der Waals surface area contributed by atoms with Gasteiger partial charge in [-0.1, -0.05) is 0 Å². The number of quaternary nitrogens is 2. The first-order valence-electron chi connectivity index (χ1n) is 10.0. The third-order valence-electron chi connectivity index (χ3n) is 5.30. The van der Waals surface area contributed by atoms with Crippen LogP contribution in [0.15, 0.2) is 22.7 Å². The Hall–Kier alpha value is -2.02. The summed E-state index contributed by atoms with van der Waals surface area (Å²) in [4.78, 5) is 32.2. The number of aliphatic carboxylic acids is 2. The van der Waals surface area contributed by atoms with Crippen LogP contribution in [-0.4, -0.2) is 94.4 Å². The molecule has 2 atom stereocenters. The summed E-state index contributed by atoms with van der Waals surface area (Å²) in [5, 5.41) is 25.1. The first-order valence-corrected chi connectivity index (χ1v) is 12.2. The van der Waals surface area contributed by atoms with Gasteiger partial charge in [0.15, 0.2) is 0 Å². The van der Waals surface area contributed by atoms with Crippen LogP contribution >= 0.6 is 21.6 Å². The Morgan fingerprint density at radius 1 is 0.812 bits per heavy atom. The molecular formula is C20H32N6O4S2. The molecule has 0 amide bonds. The average molecular weight is 485 g/mol. The van der Waals surface area contributed by atoms with Gasteiger partial charge in [-0.3, -0.25) is 0 Å². The first kappa shape index (κ1) is 26.2. The Bertz CT molecular complexity index is 896. The lowest BCUT2D eigenvalue weighted by molar-refractivity contribution is -0.889. The van der Waals surface area contributed by atoms with E-state index in [1.807, 2.05) is 65.5 Å². The van der Waals surface area contributed by atoms with E-state index in [2.05, 4.69) is 9.97 Å². The quantitative estimate of drug-likeness (QED) is 0.285. The minimum absolute atomic E-state index is 0.220. The van der Waals surface area contributed by atoms with Crippen molar-refractivity contribution >= 4 is 33.5 Å². The third-order valence-corrected chi connectivity index (χ3v) is 7.94. The fraction of sp³-hybridized carbons (Fsp3) is 0.600. The van der Waals surface area contributed by atoms with Crippen molar-refractivity contribution in [1.29, 1.82) is 0 Å². The van der Waals surface area contributed by atoms with Crippen molar-refractivity contribution in [2.75, 3.05) is 42.3 Å². The summed E-state index contributed by atoms with van der Waals surface area (Å²) in [6.45, 7) is 0. The van der Waals surface area contributed by atoms with Crippen LogP contribution in [0.4, 0.5) is 0 Å². The van der Waals surface area contributed by atoms with Crippen LogP contribution in [0.5, 0.6) is 0 Å². The monoisotopic (exact) mass is 484 g/mol. The van der Waals surface area contributed by atoms with E-state index < -0.39 is 24.0 Å². The van der Waals surface area contributed by atoms with E-state index in [0.29, 0.717) is 11.4 Å². The number of rotatable bonds is 11. The molecule has 2 unspecified atom stereocenters. The summed E-state index contributed by atoms with van der Waals surface area (Å²) < 4.78 is 4.14. The molecule has 0 saturated carbocycles. The number of hydrogen-bond acceptors (Lipinski definition) is 8. The zero-order valence-corrected chi connectivity index (χ0v) is 21.5. The summed E-state index contributed by atoms with van der Waals surface area (Å²) >= 11 is 0. The smallest absolute Gasteiger partial charge is 0.134 e. The maximum Gasteiger partial charge on any atom is 0.134 e. The second-order valence-corrected chi connectivity index (χ2v) is 11.8. The number of hydrogen-bond donors (Lipinski definition) is 0. The van der Waals surface area contributed by atoms with Gasteiger partial charge in [0.2, 0.25) is 0 Å². The highest BCUT2D eigenvalue weighted by Crippen LogP contribution is 2.40. The molecular weight excluding hydrogens is 452 g/mol. The fourth-order valence-electron chi connectivity index (χ4n) is 3.22. The molecule has 0 aliphatic carbocycles. The molecule has 0 aromatic carbocycles. The number of imidazole rings is 2. The van der Waals surface area contributed by atoms with Crippen LogP contribution in [0.2, 0.25) is 0 Å². The predicted octanol–water partition coefficient (Wildman–Crippen LogP) is -1.31. The highest BCUT2D eigenvalue weighted by atomic mass is 33.1. The molecule has 0 bridgehead atoms. The van der Waals surface area contributed by atoms with Crippen molar-refractivity contribution in [3.63, 3.8) is 0 Å². The zero-order valence-electron chi connectivity index (χ0n) is 19.9. The van der Waals surface area contributed by atoms with Gasteiger partial charge >= 0.3 is 0 Å². The molecule has 2 aromatic heterocycles. The van der Waals surface area contributed by atoms with Crippen molar-refractivity contribution in [2.45, 2.75) is 35.0 Å². The molecule has 2 rings (SSSR count). The van der Waals surface area contributed by atoms with Gasteiger partial charge in [-0.2, -0.15) is 0 Å². The molecule has 12 heteroatoms. The van der Waals surface area contributed by atoms with Gasteiger partial charge in [-0.05, 0) is 21.6 Å². The molecule has 0 N–H and O–H groups in total. The highest BCUT2D eigenvalue weighted by Gasteiger charge is 2.30. The number of likely N-dealkylation sites (N-methyl/N-ethyl adjacent to an activating group) is 2. The molecule has 2 aromatic rings. The van der Waals surface area contributed by atoms with Crippen LogP contribution in [0, 0.1) is 0 Å². The topological polar surface area (TPSA) is 116 Å². The molecule has 0 aliphatic heterocycles. The van der Waals surface area contributed by atoms with Gasteiger partial charge in [-0.15, -0.1) is 0 Å². The van der Waals surface area contributed by atoms with E-state index in [0.717, 1.165) is 10.1 Å². The normalized spacial score (nSPS) is 14.4. The molecule has 2 heterocycles. The van der Waals surface area contributed by atoms with Crippen molar-refractivity contribution in [3.05, 3.63) is 24.0 Å². The van der Waals surface area contributed by atoms with Crippen LogP contribution in [0.1, 0.15) is 11.4 Å². The Kier molecular flexibility index (Phi) is 8.08. The van der Waals surface area contributed by atoms with E-state index in [9.17, 15) is 19.8 Å². The Morgan fingerprint density at radius 2 is 1.12 bits per heavy atom. The Morgan fingerprint density at radius 3 is 1.38 bits per heavy atom. The Labute approximate surface area is 196 Å². The maximum absolute atomic E-state index is 11.7. The molecule has 0 radical (unpaired) electrons. The SMILES string of the molecule is Cn1cnc(CC(C(=O)[O-])[N+](C)(C)C)c1SSc1c(CC(C(=O)[O-])[N+](C)(C)C)ncn1C. The van der Waals surface area contributed by atoms with Crippen LogP contribution in [0.3, 0.4) is 0 Å². The van der Waals surface area contributed by atoms with E-state index >= 15 is 0 Å². The zero-order chi connectivity index (χ0) is 24.4. The van der Waals surface area contributed by atoms with E-state index in [1.54, 1.807) is 12.7 Å². The number of aryl methyl sites for hydroxylation is 2. The first-order chi connectivity index (χ1) is 14.6. The van der Waals surface area contributed by atoms with Gasteiger partial charge < -0.3 is 37.9 Å². The maximum atomic E-state index is 11.7. The Balaban J connectivity index is 2.26. The van der Waals surface area contributed by atoms with Gasteiger partial charge in [-0.25, -0.2) is 9.97 Å². The molecule has 32 heavy (non-hydrogen) atoms. The number of carboxylic acid groups (broad SMARTS) is 2. The summed E-state index contributed by atoms with van der Waals surface area (Å²) in [5.74, 6) is -2.23. The van der Waals surface area contributed by atoms with Crippen molar-refractivity contribution < 1.29 is 28.8 Å².